The first-order valence-corrected chi connectivity index (χ1v) is 6.74. The van der Waals surface area contributed by atoms with Crippen LogP contribution in [0.5, 0.6) is 0 Å². The Kier molecular flexibility index (Phi) is 4.30. The first kappa shape index (κ1) is 14.5. The fraction of sp³-hybridized carbons (Fsp3) is 0.556. The number of hydrogen-bond acceptors (Lipinski definition) is 6. The summed E-state index contributed by atoms with van der Waals surface area (Å²) in [5, 5.41) is 3.72. The van der Waals surface area contributed by atoms with Gasteiger partial charge in [-0.25, -0.2) is 8.42 Å². The van der Waals surface area contributed by atoms with E-state index in [0.717, 1.165) is 0 Å². The Bertz CT molecular complexity index is 537. The molecule has 0 aliphatic rings. The van der Waals surface area contributed by atoms with E-state index in [1.165, 1.54) is 17.8 Å². The van der Waals surface area contributed by atoms with Gasteiger partial charge < -0.3 is 10.5 Å². The maximum Gasteiger partial charge on any atom is 0.323 e. The van der Waals surface area contributed by atoms with Gasteiger partial charge in [-0.1, -0.05) is 0 Å². The number of anilines is 1. The number of nitrogens with one attached hydrogen (secondary N) is 1. The van der Waals surface area contributed by atoms with Crippen molar-refractivity contribution in [3.8, 4) is 0 Å². The summed E-state index contributed by atoms with van der Waals surface area (Å²) in [5.41, 5.74) is 5.47. The van der Waals surface area contributed by atoms with E-state index < -0.39 is 22.0 Å². The smallest absolute Gasteiger partial charge is 0.323 e. The molecule has 0 aliphatic heterocycles. The van der Waals surface area contributed by atoms with Crippen LogP contribution in [0, 0.1) is 0 Å². The summed E-state index contributed by atoms with van der Waals surface area (Å²) in [6, 6.07) is -0.991. The van der Waals surface area contributed by atoms with Crippen LogP contribution in [-0.2, 0) is 26.6 Å². The van der Waals surface area contributed by atoms with Crippen LogP contribution in [0.2, 0.25) is 0 Å². The number of rotatable bonds is 5. The molecule has 1 aromatic heterocycles. The Morgan fingerprint density at radius 3 is 2.72 bits per heavy atom. The minimum atomic E-state index is -3.89. The molecule has 8 nitrogen and oxygen atoms in total. The molecule has 0 aliphatic carbocycles. The second-order valence-corrected chi connectivity index (χ2v) is 5.33. The Morgan fingerprint density at radius 1 is 1.67 bits per heavy atom. The average molecular weight is 276 g/mol. The molecule has 0 radical (unpaired) electrons. The van der Waals surface area contributed by atoms with E-state index in [2.05, 4.69) is 9.82 Å². The third-order valence-electron chi connectivity index (χ3n) is 2.08. The Labute approximate surface area is 105 Å². The van der Waals surface area contributed by atoms with E-state index in [1.807, 2.05) is 0 Å². The van der Waals surface area contributed by atoms with Gasteiger partial charge in [-0.15, -0.1) is 0 Å². The van der Waals surface area contributed by atoms with Gasteiger partial charge in [-0.3, -0.25) is 9.48 Å². The van der Waals surface area contributed by atoms with Gasteiger partial charge in [-0.05, 0) is 13.8 Å². The highest BCUT2D eigenvalue weighted by atomic mass is 32.2. The molecule has 18 heavy (non-hydrogen) atoms. The normalized spacial score (nSPS) is 13.3. The van der Waals surface area contributed by atoms with E-state index in [9.17, 15) is 13.2 Å². The van der Waals surface area contributed by atoms with Crippen LogP contribution in [0.1, 0.15) is 13.8 Å². The number of ether oxygens (including phenoxy) is 1. The van der Waals surface area contributed by atoms with Crippen molar-refractivity contribution in [2.45, 2.75) is 24.8 Å². The van der Waals surface area contributed by atoms with Gasteiger partial charge in [0.2, 0.25) is 10.0 Å². The third kappa shape index (κ3) is 3.20. The number of nitrogen functional groups attached to an aromatic ring is 1. The number of aromatic nitrogens is 2. The highest BCUT2D eigenvalue weighted by Gasteiger charge is 2.26. The largest absolute Gasteiger partial charge is 0.465 e. The van der Waals surface area contributed by atoms with Crippen molar-refractivity contribution in [1.82, 2.24) is 14.5 Å². The summed E-state index contributed by atoms with van der Waals surface area (Å²) in [6.07, 6.45) is 1.26. The number of nitrogens with zero attached hydrogens (tertiary/aromatic N) is 2. The van der Waals surface area contributed by atoms with Gasteiger partial charge in [0.05, 0.1) is 6.61 Å². The predicted molar refractivity (Wildman–Crippen MR) is 64.0 cm³/mol. The lowest BCUT2D eigenvalue weighted by Gasteiger charge is -2.12. The molecule has 1 aromatic rings. The van der Waals surface area contributed by atoms with Crippen molar-refractivity contribution in [2.24, 2.45) is 7.05 Å². The van der Waals surface area contributed by atoms with Gasteiger partial charge >= 0.3 is 5.97 Å². The first-order chi connectivity index (χ1) is 8.27. The molecule has 9 heteroatoms. The van der Waals surface area contributed by atoms with Gasteiger partial charge in [0.15, 0.2) is 5.82 Å². The molecule has 1 atom stereocenters. The van der Waals surface area contributed by atoms with Crippen molar-refractivity contribution in [1.29, 1.82) is 0 Å². The van der Waals surface area contributed by atoms with Crippen LogP contribution < -0.4 is 10.5 Å². The maximum absolute atomic E-state index is 11.9. The highest BCUT2D eigenvalue weighted by Crippen LogP contribution is 2.15. The molecule has 0 saturated heterocycles. The summed E-state index contributed by atoms with van der Waals surface area (Å²) in [6.45, 7) is 3.21. The first-order valence-electron chi connectivity index (χ1n) is 5.26. The van der Waals surface area contributed by atoms with Gasteiger partial charge in [0.25, 0.3) is 0 Å². The van der Waals surface area contributed by atoms with E-state index >= 15 is 0 Å². The molecular formula is C9H16N4O4S. The molecule has 0 fully saturated rings. The number of aryl methyl sites for hydroxylation is 1. The maximum atomic E-state index is 11.9. The van der Waals surface area contributed by atoms with Crippen LogP contribution in [0.4, 0.5) is 5.82 Å². The molecular weight excluding hydrogens is 260 g/mol. The Balaban J connectivity index is 2.89. The van der Waals surface area contributed by atoms with Crippen LogP contribution in [-0.4, -0.2) is 36.8 Å². The zero-order valence-corrected chi connectivity index (χ0v) is 11.2. The van der Waals surface area contributed by atoms with Gasteiger partial charge in [0, 0.05) is 13.2 Å². The molecule has 0 spiro atoms. The van der Waals surface area contributed by atoms with Crippen LogP contribution >= 0.6 is 0 Å². The summed E-state index contributed by atoms with van der Waals surface area (Å²) in [4.78, 5) is 11.2. The zero-order valence-electron chi connectivity index (χ0n) is 10.4. The average Bonchev–Trinajstić information content (AvgIpc) is 2.58. The lowest BCUT2D eigenvalue weighted by molar-refractivity contribution is -0.144. The zero-order chi connectivity index (χ0) is 13.9. The fourth-order valence-corrected chi connectivity index (χ4v) is 2.60. The predicted octanol–water partition coefficient (Wildman–Crippen LogP) is -0.768. The summed E-state index contributed by atoms with van der Waals surface area (Å²) in [5.74, 6) is -0.774. The van der Waals surface area contributed by atoms with Crippen molar-refractivity contribution in [2.75, 3.05) is 12.3 Å². The SMILES string of the molecule is CCOC(=O)C(C)NS(=O)(=O)c1cn(C)nc1N. The highest BCUT2D eigenvalue weighted by molar-refractivity contribution is 7.89. The second-order valence-electron chi connectivity index (χ2n) is 3.65. The molecule has 0 amide bonds. The van der Waals surface area contributed by atoms with Crippen LogP contribution in [0.15, 0.2) is 11.1 Å². The molecule has 1 rings (SSSR count). The minimum Gasteiger partial charge on any atom is -0.465 e. The van der Waals surface area contributed by atoms with E-state index in [4.69, 9.17) is 10.5 Å². The molecule has 102 valence electrons. The van der Waals surface area contributed by atoms with E-state index in [0.29, 0.717) is 0 Å². The monoisotopic (exact) mass is 276 g/mol. The quantitative estimate of drug-likeness (QED) is 0.682. The molecule has 3 N–H and O–H groups in total. The Morgan fingerprint density at radius 2 is 2.28 bits per heavy atom. The van der Waals surface area contributed by atoms with Crippen LogP contribution in [0.25, 0.3) is 0 Å². The third-order valence-corrected chi connectivity index (χ3v) is 3.64. The standard InChI is InChI=1S/C9H16N4O4S/c1-4-17-9(14)6(2)12-18(15,16)7-5-13(3)11-8(7)10/h5-6,12H,4H2,1-3H3,(H2,10,11). The second kappa shape index (κ2) is 5.36. The van der Waals surface area contributed by atoms with Crippen molar-refractivity contribution in [3.63, 3.8) is 0 Å². The number of carbonyl (C=O) groups is 1. The van der Waals surface area contributed by atoms with E-state index in [-0.39, 0.29) is 17.3 Å². The van der Waals surface area contributed by atoms with Crippen LogP contribution in [0.3, 0.4) is 0 Å². The lowest BCUT2D eigenvalue weighted by atomic mass is 10.4. The molecule has 1 heterocycles. The number of hydrogen-bond donors (Lipinski definition) is 2. The molecule has 0 bridgehead atoms. The number of esters is 1. The topological polar surface area (TPSA) is 116 Å². The number of nitrogens with two attached hydrogens (primary N) is 1. The number of carbonyl (C=O) groups excluding carboxylic acids is 1. The Hall–Kier alpha value is -1.61. The summed E-state index contributed by atoms with van der Waals surface area (Å²) < 4.78 is 32.0. The summed E-state index contributed by atoms with van der Waals surface area (Å²) in [7, 11) is -2.35. The van der Waals surface area contributed by atoms with Crippen molar-refractivity contribution < 1.29 is 17.9 Å². The summed E-state index contributed by atoms with van der Waals surface area (Å²) >= 11 is 0. The molecule has 1 unspecified atom stereocenters. The van der Waals surface area contributed by atoms with Gasteiger partial charge in [-0.2, -0.15) is 9.82 Å². The lowest BCUT2D eigenvalue weighted by Crippen LogP contribution is -2.39. The van der Waals surface area contributed by atoms with E-state index in [1.54, 1.807) is 14.0 Å². The molecule has 0 saturated carbocycles. The number of sulfonamides is 1. The minimum absolute atomic E-state index is 0.124. The van der Waals surface area contributed by atoms with Gasteiger partial charge in [0.1, 0.15) is 10.9 Å². The molecule has 0 aromatic carbocycles. The van der Waals surface area contributed by atoms with Crippen molar-refractivity contribution in [3.05, 3.63) is 6.20 Å². The fourth-order valence-electron chi connectivity index (χ4n) is 1.30. The van der Waals surface area contributed by atoms with Crippen molar-refractivity contribution >= 4 is 21.8 Å².